The lowest BCUT2D eigenvalue weighted by Gasteiger charge is -2.12. The van der Waals surface area contributed by atoms with Crippen molar-refractivity contribution in [3.05, 3.63) is 74.5 Å². The van der Waals surface area contributed by atoms with E-state index in [4.69, 9.17) is 11.6 Å². The molecule has 3 rings (SSSR count). The molecule has 0 saturated heterocycles. The number of alkyl halides is 3. The highest BCUT2D eigenvalue weighted by molar-refractivity contribution is 7.95. The van der Waals surface area contributed by atoms with Crippen LogP contribution in [0.1, 0.15) is 11.1 Å². The molecule has 0 saturated carbocycles. The van der Waals surface area contributed by atoms with Gasteiger partial charge in [-0.05, 0) is 35.9 Å². The summed E-state index contributed by atoms with van der Waals surface area (Å²) in [6, 6.07) is 8.93. The Bertz CT molecular complexity index is 1230. The second kappa shape index (κ2) is 7.76. The van der Waals surface area contributed by atoms with Gasteiger partial charge in [-0.15, -0.1) is 0 Å². The van der Waals surface area contributed by atoms with Gasteiger partial charge in [-0.25, -0.2) is 18.3 Å². The molecule has 152 valence electrons. The van der Waals surface area contributed by atoms with Gasteiger partial charge in [0.1, 0.15) is 0 Å². The molecule has 0 aliphatic carbocycles. The van der Waals surface area contributed by atoms with Crippen molar-refractivity contribution < 1.29 is 21.6 Å². The zero-order valence-electron chi connectivity index (χ0n) is 14.3. The van der Waals surface area contributed by atoms with Crippen LogP contribution in [0, 0.1) is 0 Å². The molecular formula is C17H12ClF3N4O3S. The van der Waals surface area contributed by atoms with Crippen LogP contribution in [0.3, 0.4) is 0 Å². The summed E-state index contributed by atoms with van der Waals surface area (Å²) in [6.45, 7) is 0. The Hall–Kier alpha value is -3.05. The van der Waals surface area contributed by atoms with E-state index in [1.165, 1.54) is 6.08 Å². The Morgan fingerprint density at radius 1 is 1.14 bits per heavy atom. The molecule has 3 aromatic rings. The summed E-state index contributed by atoms with van der Waals surface area (Å²) >= 11 is 5.94. The Kier molecular flexibility index (Phi) is 5.53. The topological polar surface area (TPSA) is 108 Å². The minimum atomic E-state index is -4.75. The van der Waals surface area contributed by atoms with E-state index in [9.17, 15) is 26.4 Å². The maximum absolute atomic E-state index is 13.2. The monoisotopic (exact) mass is 444 g/mol. The van der Waals surface area contributed by atoms with Crippen molar-refractivity contribution in [3.8, 4) is 11.4 Å². The third kappa shape index (κ3) is 5.27. The predicted octanol–water partition coefficient (Wildman–Crippen LogP) is 3.85. The first-order chi connectivity index (χ1) is 13.5. The second-order valence-corrected chi connectivity index (χ2v) is 7.77. The molecule has 0 spiro atoms. The van der Waals surface area contributed by atoms with E-state index in [1.54, 1.807) is 24.3 Å². The molecule has 3 N–H and O–H groups in total. The number of nitrogens with one attached hydrogen (secondary N) is 3. The van der Waals surface area contributed by atoms with Crippen molar-refractivity contribution in [2.24, 2.45) is 0 Å². The highest BCUT2D eigenvalue weighted by Gasteiger charge is 2.32. The standard InChI is InChI=1S/C17H12ClF3N4O3S/c18-14-4-2-1-3-10(14)5-6-29(27,28)25-13-8-11(15-22-16(26)24-23-15)7-12(9-13)17(19,20)21/h1-9,25H,(H2,22,23,24,26)/b6-5+. The number of aromatic amines is 2. The quantitative estimate of drug-likeness (QED) is 0.555. The predicted molar refractivity (Wildman–Crippen MR) is 103 cm³/mol. The van der Waals surface area contributed by atoms with Gasteiger partial charge in [-0.1, -0.05) is 29.8 Å². The lowest BCUT2D eigenvalue weighted by Crippen LogP contribution is -2.11. The van der Waals surface area contributed by atoms with Gasteiger partial charge in [-0.3, -0.25) is 9.71 Å². The van der Waals surface area contributed by atoms with E-state index in [-0.39, 0.29) is 17.1 Å². The largest absolute Gasteiger partial charge is 0.416 e. The molecule has 29 heavy (non-hydrogen) atoms. The number of sulfonamides is 1. The smallest absolute Gasteiger partial charge is 0.289 e. The molecule has 0 bridgehead atoms. The molecule has 0 aliphatic heterocycles. The van der Waals surface area contributed by atoms with Gasteiger partial charge in [0, 0.05) is 10.6 Å². The van der Waals surface area contributed by atoms with Crippen molar-refractivity contribution in [1.29, 1.82) is 0 Å². The highest BCUT2D eigenvalue weighted by atomic mass is 35.5. The maximum atomic E-state index is 13.2. The van der Waals surface area contributed by atoms with Crippen molar-refractivity contribution in [2.75, 3.05) is 4.72 Å². The first-order valence-corrected chi connectivity index (χ1v) is 9.79. The summed E-state index contributed by atoms with van der Waals surface area (Å²) < 4.78 is 66.3. The molecule has 1 aromatic heterocycles. The van der Waals surface area contributed by atoms with Crippen LogP contribution < -0.4 is 10.4 Å². The molecule has 1 heterocycles. The van der Waals surface area contributed by atoms with Gasteiger partial charge in [0.15, 0.2) is 5.82 Å². The fraction of sp³-hybridized carbons (Fsp3) is 0.0588. The van der Waals surface area contributed by atoms with Gasteiger partial charge in [-0.2, -0.15) is 18.3 Å². The van der Waals surface area contributed by atoms with Crippen molar-refractivity contribution in [3.63, 3.8) is 0 Å². The molecule has 0 unspecified atom stereocenters. The Morgan fingerprint density at radius 2 is 1.86 bits per heavy atom. The summed E-state index contributed by atoms with van der Waals surface area (Å²) in [5.74, 6) is -0.173. The fourth-order valence-corrected chi connectivity index (χ4v) is 3.40. The van der Waals surface area contributed by atoms with Gasteiger partial charge >= 0.3 is 11.9 Å². The Labute approximate surface area is 167 Å². The lowest BCUT2D eigenvalue weighted by molar-refractivity contribution is -0.137. The third-order valence-electron chi connectivity index (χ3n) is 3.63. The number of nitrogens with zero attached hydrogens (tertiary/aromatic N) is 1. The summed E-state index contributed by atoms with van der Waals surface area (Å²) in [7, 11) is -4.16. The van der Waals surface area contributed by atoms with Crippen molar-refractivity contribution >= 4 is 33.4 Å². The van der Waals surface area contributed by atoms with Crippen LogP contribution >= 0.6 is 11.6 Å². The first kappa shape index (κ1) is 20.7. The summed E-state index contributed by atoms with van der Waals surface area (Å²) in [5, 5.41) is 6.69. The maximum Gasteiger partial charge on any atom is 0.416 e. The SMILES string of the molecule is O=c1[nH]nc(-c2cc(NS(=O)(=O)/C=C/c3ccccc3Cl)cc(C(F)(F)F)c2)[nH]1. The molecule has 2 aromatic carbocycles. The third-order valence-corrected chi connectivity index (χ3v) is 4.99. The number of anilines is 1. The molecule has 12 heteroatoms. The van der Waals surface area contributed by atoms with Crippen molar-refractivity contribution in [2.45, 2.75) is 6.18 Å². The average Bonchev–Trinajstić information content (AvgIpc) is 3.06. The van der Waals surface area contributed by atoms with E-state index < -0.39 is 27.5 Å². The van der Waals surface area contributed by atoms with Gasteiger partial charge in [0.2, 0.25) is 0 Å². The zero-order chi connectivity index (χ0) is 21.2. The number of H-pyrrole nitrogens is 2. The summed E-state index contributed by atoms with van der Waals surface area (Å²) in [6.07, 6.45) is -3.54. The van der Waals surface area contributed by atoms with Gasteiger partial charge in [0.25, 0.3) is 10.0 Å². The van der Waals surface area contributed by atoms with Crippen LogP contribution in [-0.2, 0) is 16.2 Å². The van der Waals surface area contributed by atoms with E-state index in [0.29, 0.717) is 16.7 Å². The van der Waals surface area contributed by atoms with E-state index in [1.807, 2.05) is 9.82 Å². The molecule has 0 fully saturated rings. The van der Waals surface area contributed by atoms with Crippen LogP contribution in [0.25, 0.3) is 17.5 Å². The van der Waals surface area contributed by atoms with E-state index in [2.05, 4.69) is 10.1 Å². The number of rotatable bonds is 5. The number of hydrogen-bond acceptors (Lipinski definition) is 4. The fourth-order valence-electron chi connectivity index (χ4n) is 2.37. The van der Waals surface area contributed by atoms with Crippen LogP contribution in [0.5, 0.6) is 0 Å². The van der Waals surface area contributed by atoms with Crippen molar-refractivity contribution in [1.82, 2.24) is 15.2 Å². The highest BCUT2D eigenvalue weighted by Crippen LogP contribution is 2.34. The lowest BCUT2D eigenvalue weighted by atomic mass is 10.1. The normalized spacial score (nSPS) is 12.4. The average molecular weight is 445 g/mol. The first-order valence-electron chi connectivity index (χ1n) is 7.86. The molecule has 7 nitrogen and oxygen atoms in total. The number of hydrogen-bond donors (Lipinski definition) is 3. The number of halogens is 4. The van der Waals surface area contributed by atoms with E-state index >= 15 is 0 Å². The zero-order valence-corrected chi connectivity index (χ0v) is 15.9. The Morgan fingerprint density at radius 3 is 2.48 bits per heavy atom. The molecule has 0 aliphatic rings. The summed E-state index contributed by atoms with van der Waals surface area (Å²) in [5.41, 5.74) is -1.92. The summed E-state index contributed by atoms with van der Waals surface area (Å²) in [4.78, 5) is 13.4. The van der Waals surface area contributed by atoms with Crippen LogP contribution in [0.15, 0.2) is 52.7 Å². The van der Waals surface area contributed by atoms with Crippen LogP contribution in [-0.4, -0.2) is 23.6 Å². The van der Waals surface area contributed by atoms with E-state index in [0.717, 1.165) is 17.5 Å². The van der Waals surface area contributed by atoms with Crippen LogP contribution in [0.2, 0.25) is 5.02 Å². The minimum Gasteiger partial charge on any atom is -0.289 e. The molecular weight excluding hydrogens is 433 g/mol. The molecule has 0 radical (unpaired) electrons. The molecule has 0 amide bonds. The molecule has 0 atom stereocenters. The second-order valence-electron chi connectivity index (χ2n) is 5.79. The van der Waals surface area contributed by atoms with Gasteiger partial charge < -0.3 is 0 Å². The minimum absolute atomic E-state index is 0.133. The van der Waals surface area contributed by atoms with Gasteiger partial charge in [0.05, 0.1) is 16.7 Å². The number of benzene rings is 2. The Balaban J connectivity index is 1.97. The van der Waals surface area contributed by atoms with Crippen LogP contribution in [0.4, 0.5) is 18.9 Å². The number of aromatic nitrogens is 3.